The van der Waals surface area contributed by atoms with Gasteiger partial charge in [-0.3, -0.25) is 4.79 Å². The first-order chi connectivity index (χ1) is 8.84. The molecule has 0 heterocycles. The zero-order valence-electron chi connectivity index (χ0n) is 10.4. The molecule has 0 radical (unpaired) electrons. The van der Waals surface area contributed by atoms with Crippen LogP contribution in [0.3, 0.4) is 0 Å². The van der Waals surface area contributed by atoms with E-state index in [2.05, 4.69) is 30.4 Å². The molecule has 1 aromatic rings. The van der Waals surface area contributed by atoms with Gasteiger partial charge in [0.1, 0.15) is 0 Å². The predicted octanol–water partition coefficient (Wildman–Crippen LogP) is 2.42. The van der Waals surface area contributed by atoms with Crippen LogP contribution >= 0.6 is 0 Å². The van der Waals surface area contributed by atoms with Crippen molar-refractivity contribution in [2.45, 2.75) is 32.1 Å². The molecule has 1 fully saturated rings. The summed E-state index contributed by atoms with van der Waals surface area (Å²) in [5.74, 6) is 0.892. The number of benzene rings is 1. The Morgan fingerprint density at radius 2 is 2.11 bits per heavy atom. The van der Waals surface area contributed by atoms with Crippen LogP contribution < -0.4 is 10.4 Å². The number of hydrogen-bond donors (Lipinski definition) is 0. The highest BCUT2D eigenvalue weighted by Gasteiger charge is 2.29. The second kappa shape index (κ2) is 3.68. The summed E-state index contributed by atoms with van der Waals surface area (Å²) in [6.07, 6.45) is 12.0. The van der Waals surface area contributed by atoms with E-state index in [9.17, 15) is 4.79 Å². The molecule has 4 rings (SSSR count). The van der Waals surface area contributed by atoms with Crippen molar-refractivity contribution < 1.29 is 4.79 Å². The first-order valence-corrected chi connectivity index (χ1v) is 6.92. The Morgan fingerprint density at radius 1 is 1.17 bits per heavy atom. The molecule has 90 valence electrons. The van der Waals surface area contributed by atoms with Crippen LogP contribution in [0, 0.1) is 5.92 Å². The summed E-state index contributed by atoms with van der Waals surface area (Å²) in [5, 5.41) is 2.46. The van der Waals surface area contributed by atoms with E-state index in [1.54, 1.807) is 5.57 Å². The zero-order valence-corrected chi connectivity index (χ0v) is 10.4. The van der Waals surface area contributed by atoms with Crippen LogP contribution in [0.4, 0.5) is 0 Å². The van der Waals surface area contributed by atoms with E-state index in [1.165, 1.54) is 36.1 Å². The topological polar surface area (TPSA) is 17.1 Å². The summed E-state index contributed by atoms with van der Waals surface area (Å²) >= 11 is 0. The van der Waals surface area contributed by atoms with E-state index in [-0.39, 0.29) is 0 Å². The van der Waals surface area contributed by atoms with Gasteiger partial charge in [0.05, 0.1) is 0 Å². The Morgan fingerprint density at radius 3 is 3.06 bits per heavy atom. The maximum atomic E-state index is 12.4. The number of fused-ring (bicyclic) bond motifs is 4. The monoisotopic (exact) mass is 236 g/mol. The summed E-state index contributed by atoms with van der Waals surface area (Å²) in [7, 11) is 0. The van der Waals surface area contributed by atoms with Crippen molar-refractivity contribution in [2.75, 3.05) is 0 Å². The van der Waals surface area contributed by atoms with Crippen molar-refractivity contribution in [1.82, 2.24) is 0 Å². The molecule has 18 heavy (non-hydrogen) atoms. The highest BCUT2D eigenvalue weighted by Crippen LogP contribution is 2.35. The van der Waals surface area contributed by atoms with Gasteiger partial charge in [-0.25, -0.2) is 0 Å². The van der Waals surface area contributed by atoms with E-state index in [0.717, 1.165) is 17.5 Å². The van der Waals surface area contributed by atoms with E-state index in [1.807, 2.05) is 0 Å². The van der Waals surface area contributed by atoms with E-state index in [4.69, 9.17) is 0 Å². The van der Waals surface area contributed by atoms with Gasteiger partial charge in [0.15, 0.2) is 5.78 Å². The average molecular weight is 236 g/mol. The first kappa shape index (κ1) is 10.3. The Balaban J connectivity index is 2.10. The van der Waals surface area contributed by atoms with Gasteiger partial charge >= 0.3 is 0 Å². The SMILES string of the molecule is O=C1CC2CCCCC2=c2ccc3c(c21)C=CC=3. The number of rotatable bonds is 0. The molecule has 1 atom stereocenters. The van der Waals surface area contributed by atoms with Crippen LogP contribution in [0.1, 0.15) is 48.0 Å². The van der Waals surface area contributed by atoms with Crippen molar-refractivity contribution in [3.05, 3.63) is 39.8 Å². The number of ketones is 1. The lowest BCUT2D eigenvalue weighted by Gasteiger charge is -2.29. The van der Waals surface area contributed by atoms with Crippen molar-refractivity contribution in [2.24, 2.45) is 5.92 Å². The molecule has 0 spiro atoms. The smallest absolute Gasteiger partial charge is 0.164 e. The molecule has 1 unspecified atom stereocenters. The van der Waals surface area contributed by atoms with Crippen LogP contribution in [0.5, 0.6) is 0 Å². The maximum absolute atomic E-state index is 12.4. The molecule has 0 saturated heterocycles. The highest BCUT2D eigenvalue weighted by atomic mass is 16.1. The summed E-state index contributed by atoms with van der Waals surface area (Å²) < 4.78 is 0. The number of allylic oxidation sites excluding steroid dienone is 1. The number of carbonyl (C=O) groups is 1. The lowest BCUT2D eigenvalue weighted by molar-refractivity contribution is 0.0960. The third-order valence-corrected chi connectivity index (χ3v) is 4.62. The van der Waals surface area contributed by atoms with Crippen LogP contribution in [-0.2, 0) is 0 Å². The predicted molar refractivity (Wildman–Crippen MR) is 73.5 cm³/mol. The molecule has 1 aromatic carbocycles. The minimum Gasteiger partial charge on any atom is -0.294 e. The molecule has 0 aliphatic heterocycles. The Bertz CT molecular complexity index is 691. The number of Topliss-reactive ketones (excluding diaryl/α,β-unsaturated/α-hetero) is 1. The molecule has 0 amide bonds. The quantitative estimate of drug-likeness (QED) is 0.676. The molecule has 3 aliphatic carbocycles. The number of carbonyl (C=O) groups excluding carboxylic acids is 1. The van der Waals surface area contributed by atoms with Crippen molar-refractivity contribution >= 4 is 23.5 Å². The molecule has 1 heteroatoms. The lowest BCUT2D eigenvalue weighted by atomic mass is 9.74. The molecule has 0 aromatic heterocycles. The second-order valence-corrected chi connectivity index (χ2v) is 5.61. The third kappa shape index (κ3) is 1.30. The highest BCUT2D eigenvalue weighted by molar-refractivity contribution is 6.03. The van der Waals surface area contributed by atoms with Crippen molar-refractivity contribution in [3.8, 4) is 0 Å². The van der Waals surface area contributed by atoms with Crippen molar-refractivity contribution in [1.29, 1.82) is 0 Å². The molecule has 3 aliphatic rings. The van der Waals surface area contributed by atoms with Gasteiger partial charge in [0, 0.05) is 12.0 Å². The van der Waals surface area contributed by atoms with Gasteiger partial charge in [-0.15, -0.1) is 0 Å². The van der Waals surface area contributed by atoms with Gasteiger partial charge in [0.2, 0.25) is 0 Å². The van der Waals surface area contributed by atoms with Gasteiger partial charge in [-0.05, 0) is 41.2 Å². The molecule has 0 N–H and O–H groups in total. The molecule has 0 bridgehead atoms. The summed E-state index contributed by atoms with van der Waals surface area (Å²) in [6, 6.07) is 4.35. The van der Waals surface area contributed by atoms with Crippen LogP contribution in [0.25, 0.3) is 17.7 Å². The van der Waals surface area contributed by atoms with E-state index < -0.39 is 0 Å². The average Bonchev–Trinajstić information content (AvgIpc) is 2.86. The van der Waals surface area contributed by atoms with Gasteiger partial charge in [0.25, 0.3) is 0 Å². The van der Waals surface area contributed by atoms with Crippen LogP contribution in [0.2, 0.25) is 0 Å². The zero-order chi connectivity index (χ0) is 12.1. The van der Waals surface area contributed by atoms with Gasteiger partial charge in [-0.2, -0.15) is 0 Å². The molecule has 1 nitrogen and oxygen atoms in total. The lowest BCUT2D eigenvalue weighted by Crippen LogP contribution is -2.33. The van der Waals surface area contributed by atoms with Gasteiger partial charge in [-0.1, -0.05) is 42.4 Å². The van der Waals surface area contributed by atoms with Crippen molar-refractivity contribution in [3.63, 3.8) is 0 Å². The Hall–Kier alpha value is -1.63. The standard InChI is InChI=1S/C17H16O/c18-16-10-12-4-1-2-6-13(12)15-9-8-11-5-3-7-14(11)17(15)16/h3,5,7-9,12H,1-2,4,6,10H2. The molecule has 1 saturated carbocycles. The number of hydrogen-bond acceptors (Lipinski definition) is 1. The minimum absolute atomic E-state index is 0.359. The normalized spacial score (nSPS) is 24.3. The van der Waals surface area contributed by atoms with Gasteiger partial charge < -0.3 is 0 Å². The Kier molecular flexibility index (Phi) is 2.11. The molecular weight excluding hydrogens is 220 g/mol. The van der Waals surface area contributed by atoms with Crippen LogP contribution in [-0.4, -0.2) is 5.78 Å². The second-order valence-electron chi connectivity index (χ2n) is 5.61. The first-order valence-electron chi connectivity index (χ1n) is 6.92. The third-order valence-electron chi connectivity index (χ3n) is 4.62. The van der Waals surface area contributed by atoms with Crippen LogP contribution in [0.15, 0.2) is 18.2 Å². The minimum atomic E-state index is 0.359. The summed E-state index contributed by atoms with van der Waals surface area (Å²) in [6.45, 7) is 0. The fourth-order valence-corrected chi connectivity index (χ4v) is 3.77. The fourth-order valence-electron chi connectivity index (χ4n) is 3.77. The largest absolute Gasteiger partial charge is 0.294 e. The Labute approximate surface area is 107 Å². The fraction of sp³-hybridized carbons (Fsp3) is 0.353. The summed E-state index contributed by atoms with van der Waals surface area (Å²) in [5.41, 5.74) is 3.72. The maximum Gasteiger partial charge on any atom is 0.164 e. The molecular formula is C17H16O. The van der Waals surface area contributed by atoms with E-state index in [0.29, 0.717) is 11.7 Å². The van der Waals surface area contributed by atoms with E-state index >= 15 is 0 Å². The summed E-state index contributed by atoms with van der Waals surface area (Å²) in [4.78, 5) is 12.4.